The highest BCUT2D eigenvalue weighted by molar-refractivity contribution is 6.34. The van der Waals surface area contributed by atoms with E-state index in [-0.39, 0.29) is 10.6 Å². The summed E-state index contributed by atoms with van der Waals surface area (Å²) in [5, 5.41) is 2.75. The number of hydrogen-bond donors (Lipinski definition) is 1. The lowest BCUT2D eigenvalue weighted by molar-refractivity contribution is 0.102. The molecular weight excluding hydrogens is 371 g/mol. The average Bonchev–Trinajstić information content (AvgIpc) is 2.67. The molecule has 0 saturated carbocycles. The number of carbonyl (C=O) groups is 1. The molecule has 3 rings (SSSR count). The summed E-state index contributed by atoms with van der Waals surface area (Å²) in [6, 6.07) is 12.3. The van der Waals surface area contributed by atoms with Crippen LogP contribution < -0.4 is 14.8 Å². The van der Waals surface area contributed by atoms with Crippen molar-refractivity contribution >= 4 is 23.2 Å². The molecule has 3 aromatic rings. The lowest BCUT2D eigenvalue weighted by Crippen LogP contribution is -2.12. The van der Waals surface area contributed by atoms with Gasteiger partial charge in [-0.15, -0.1) is 0 Å². The predicted octanol–water partition coefficient (Wildman–Crippen LogP) is 4.71. The molecule has 7 heteroatoms. The number of rotatable bonds is 6. The summed E-state index contributed by atoms with van der Waals surface area (Å²) < 4.78 is 24.2. The number of benzene rings is 2. The fraction of sp³-hybridized carbons (Fsp3) is 0.100. The molecule has 0 fully saturated rings. The van der Waals surface area contributed by atoms with E-state index >= 15 is 0 Å². The first-order chi connectivity index (χ1) is 13.1. The van der Waals surface area contributed by atoms with Crippen molar-refractivity contribution in [3.8, 4) is 11.5 Å². The maximum absolute atomic E-state index is 13.1. The molecule has 0 unspecified atom stereocenters. The Hall–Kier alpha value is -3.12. The van der Waals surface area contributed by atoms with E-state index in [1.807, 2.05) is 12.1 Å². The zero-order valence-corrected chi connectivity index (χ0v) is 15.2. The maximum Gasteiger partial charge on any atom is 0.257 e. The number of nitrogens with zero attached hydrogens (tertiary/aromatic N) is 1. The molecule has 0 radical (unpaired) electrons. The number of amides is 1. The van der Waals surface area contributed by atoms with Gasteiger partial charge in [-0.1, -0.05) is 11.6 Å². The number of carbonyl (C=O) groups excluding carboxylic acids is 1. The van der Waals surface area contributed by atoms with Gasteiger partial charge in [-0.3, -0.25) is 9.78 Å². The van der Waals surface area contributed by atoms with Crippen LogP contribution in [0.15, 0.2) is 60.9 Å². The molecule has 0 aliphatic heterocycles. The summed E-state index contributed by atoms with van der Waals surface area (Å²) in [6.07, 6.45) is 3.36. The minimum absolute atomic E-state index is 0.0372. The number of nitrogens with one attached hydrogen (secondary N) is 1. The highest BCUT2D eigenvalue weighted by atomic mass is 35.5. The van der Waals surface area contributed by atoms with Gasteiger partial charge in [0.2, 0.25) is 0 Å². The van der Waals surface area contributed by atoms with Crippen LogP contribution in [0.1, 0.15) is 15.9 Å². The minimum Gasteiger partial charge on any atom is -0.493 e. The van der Waals surface area contributed by atoms with E-state index in [0.717, 1.165) is 11.6 Å². The Balaban J connectivity index is 1.77. The molecule has 138 valence electrons. The van der Waals surface area contributed by atoms with E-state index in [4.69, 9.17) is 21.1 Å². The predicted molar refractivity (Wildman–Crippen MR) is 101 cm³/mol. The highest BCUT2D eigenvalue weighted by Gasteiger charge is 2.13. The van der Waals surface area contributed by atoms with Crippen LogP contribution in [-0.4, -0.2) is 18.0 Å². The first-order valence-electron chi connectivity index (χ1n) is 8.03. The number of aromatic nitrogens is 1. The number of pyridine rings is 1. The third-order valence-electron chi connectivity index (χ3n) is 3.74. The van der Waals surface area contributed by atoms with Gasteiger partial charge in [0.05, 0.1) is 17.7 Å². The van der Waals surface area contributed by atoms with Crippen LogP contribution in [0.4, 0.5) is 10.1 Å². The molecule has 1 heterocycles. The molecule has 0 spiro atoms. The lowest BCUT2D eigenvalue weighted by Gasteiger charge is -2.13. The first kappa shape index (κ1) is 18.7. The summed E-state index contributed by atoms with van der Waals surface area (Å²) in [7, 11) is 1.53. The molecule has 0 aliphatic rings. The molecule has 0 atom stereocenters. The number of halogens is 2. The van der Waals surface area contributed by atoms with Crippen molar-refractivity contribution in [2.24, 2.45) is 0 Å². The summed E-state index contributed by atoms with van der Waals surface area (Å²) in [5.74, 6) is 0.0391. The van der Waals surface area contributed by atoms with Gasteiger partial charge >= 0.3 is 0 Å². The van der Waals surface area contributed by atoms with Crippen molar-refractivity contribution in [2.45, 2.75) is 6.61 Å². The first-order valence-corrected chi connectivity index (χ1v) is 8.41. The van der Waals surface area contributed by atoms with Crippen molar-refractivity contribution < 1.29 is 18.7 Å². The van der Waals surface area contributed by atoms with Crippen LogP contribution in [0.5, 0.6) is 11.5 Å². The van der Waals surface area contributed by atoms with Crippen LogP contribution in [0.3, 0.4) is 0 Å². The van der Waals surface area contributed by atoms with Crippen molar-refractivity contribution in [1.82, 2.24) is 4.98 Å². The van der Waals surface area contributed by atoms with Crippen molar-refractivity contribution in [3.63, 3.8) is 0 Å². The number of ether oxygens (including phenoxy) is 2. The van der Waals surface area contributed by atoms with Gasteiger partial charge < -0.3 is 14.8 Å². The van der Waals surface area contributed by atoms with Crippen molar-refractivity contribution in [3.05, 3.63) is 82.9 Å². The number of hydrogen-bond acceptors (Lipinski definition) is 4. The standard InChI is InChI=1S/C20H16ClFN2O3/c1-26-18-5-3-15(11-19(18)27-12-13-6-8-23-9-7-13)24-20(25)16-4-2-14(22)10-17(16)21/h2-11H,12H2,1H3,(H,24,25). The van der Waals surface area contributed by atoms with Crippen molar-refractivity contribution in [2.75, 3.05) is 12.4 Å². The van der Waals surface area contributed by atoms with Crippen LogP contribution in [0.2, 0.25) is 5.02 Å². The molecule has 0 bridgehead atoms. The largest absolute Gasteiger partial charge is 0.493 e. The normalized spacial score (nSPS) is 10.3. The Kier molecular flexibility index (Phi) is 5.88. The zero-order chi connectivity index (χ0) is 19.2. The van der Waals surface area contributed by atoms with Gasteiger partial charge in [0, 0.05) is 24.1 Å². The van der Waals surface area contributed by atoms with Gasteiger partial charge in [0.15, 0.2) is 11.5 Å². The van der Waals surface area contributed by atoms with Crippen LogP contribution in [0, 0.1) is 5.82 Å². The lowest BCUT2D eigenvalue weighted by atomic mass is 10.2. The second-order valence-electron chi connectivity index (χ2n) is 5.59. The van der Waals surface area contributed by atoms with Gasteiger partial charge in [-0.2, -0.15) is 0 Å². The number of anilines is 1. The Bertz CT molecular complexity index is 951. The molecule has 0 aliphatic carbocycles. The second kappa shape index (κ2) is 8.51. The molecule has 27 heavy (non-hydrogen) atoms. The van der Waals surface area contributed by atoms with E-state index in [2.05, 4.69) is 10.3 Å². The van der Waals surface area contributed by atoms with E-state index < -0.39 is 11.7 Å². The van der Waals surface area contributed by atoms with Crippen molar-refractivity contribution in [1.29, 1.82) is 0 Å². The second-order valence-corrected chi connectivity index (χ2v) is 6.00. The van der Waals surface area contributed by atoms with Gasteiger partial charge in [-0.25, -0.2) is 4.39 Å². The van der Waals surface area contributed by atoms with E-state index in [0.29, 0.717) is 23.8 Å². The van der Waals surface area contributed by atoms with Gasteiger partial charge in [0.25, 0.3) is 5.91 Å². The molecule has 1 aromatic heterocycles. The summed E-state index contributed by atoms with van der Waals surface area (Å²) in [6.45, 7) is 0.320. The Morgan fingerprint density at radius 2 is 1.89 bits per heavy atom. The third-order valence-corrected chi connectivity index (χ3v) is 4.05. The fourth-order valence-electron chi connectivity index (χ4n) is 2.38. The Labute approximate surface area is 160 Å². The topological polar surface area (TPSA) is 60.5 Å². The molecular formula is C20H16ClFN2O3. The van der Waals surface area contributed by atoms with E-state index in [1.54, 1.807) is 30.6 Å². The molecule has 1 amide bonds. The number of methoxy groups -OCH3 is 1. The van der Waals surface area contributed by atoms with E-state index in [9.17, 15) is 9.18 Å². The smallest absolute Gasteiger partial charge is 0.257 e. The monoisotopic (exact) mass is 386 g/mol. The highest BCUT2D eigenvalue weighted by Crippen LogP contribution is 2.31. The minimum atomic E-state index is -0.507. The molecule has 0 saturated heterocycles. The van der Waals surface area contributed by atoms with Crippen LogP contribution >= 0.6 is 11.6 Å². The zero-order valence-electron chi connectivity index (χ0n) is 14.4. The van der Waals surface area contributed by atoms with Crippen LogP contribution in [0.25, 0.3) is 0 Å². The fourth-order valence-corrected chi connectivity index (χ4v) is 2.63. The van der Waals surface area contributed by atoms with Crippen LogP contribution in [-0.2, 0) is 6.61 Å². The third kappa shape index (κ3) is 4.74. The summed E-state index contributed by atoms with van der Waals surface area (Å²) in [4.78, 5) is 16.4. The van der Waals surface area contributed by atoms with Gasteiger partial charge in [0.1, 0.15) is 12.4 Å². The Morgan fingerprint density at radius 3 is 2.59 bits per heavy atom. The van der Waals surface area contributed by atoms with E-state index in [1.165, 1.54) is 19.2 Å². The molecule has 1 N–H and O–H groups in total. The SMILES string of the molecule is COc1ccc(NC(=O)c2ccc(F)cc2Cl)cc1OCc1ccncc1. The Morgan fingerprint density at radius 1 is 1.11 bits per heavy atom. The quantitative estimate of drug-likeness (QED) is 0.666. The molecule has 5 nitrogen and oxygen atoms in total. The maximum atomic E-state index is 13.1. The summed E-state index contributed by atoms with van der Waals surface area (Å²) >= 11 is 5.94. The average molecular weight is 387 g/mol. The molecule has 2 aromatic carbocycles. The summed E-state index contributed by atoms with van der Waals surface area (Å²) in [5.41, 5.74) is 1.61. The van der Waals surface area contributed by atoms with Gasteiger partial charge in [-0.05, 0) is 48.0 Å².